The van der Waals surface area contributed by atoms with E-state index < -0.39 is 0 Å². The van der Waals surface area contributed by atoms with Gasteiger partial charge in [-0.1, -0.05) is 170 Å². The summed E-state index contributed by atoms with van der Waals surface area (Å²) in [7, 11) is 0. The molecule has 10 aromatic carbocycles. The SMILES string of the molecule is N#Cc1cc(-c2nc(-c3ccc(-c4ccccc4)cc3)nc(-c3ccccc3-c3ccccc3)n2)ccc1-n1c2ccccc2c2ccc3c(c4ccccc4n3-c3ccc4oc5ccccc5c4c3)c21. The van der Waals surface area contributed by atoms with Crippen molar-refractivity contribution in [1.29, 1.82) is 5.26 Å². The molecule has 0 fully saturated rings. The Kier molecular flexibility index (Phi) is 9.13. The standard InChI is InChI=1S/C64H38N6O/c65-39-45-37-44(63-66-62(43-29-27-41(28-30-43)40-15-3-1-4-16-40)67-64(68-63)51-22-8-7-19-47(51)42-17-5-2-6-18-42)31-34-54(45)70-55-24-12-9-20-48(55)50-33-35-57-60(61(50)70)52-23-10-13-25-56(52)69(57)46-32-36-59-53(38-46)49-21-11-14-26-58(49)71-59/h1-38H. The Bertz CT molecular complexity index is 4460. The molecule has 14 aromatic rings. The van der Waals surface area contributed by atoms with Gasteiger partial charge in [0, 0.05) is 54.7 Å². The molecule has 7 nitrogen and oxygen atoms in total. The summed E-state index contributed by atoms with van der Waals surface area (Å²) >= 11 is 0. The van der Waals surface area contributed by atoms with E-state index in [1.165, 1.54) is 0 Å². The molecule has 0 bridgehead atoms. The summed E-state index contributed by atoms with van der Waals surface area (Å²) in [5, 5.41) is 17.8. The maximum Gasteiger partial charge on any atom is 0.164 e. The number of hydrogen-bond donors (Lipinski definition) is 0. The molecule has 0 saturated heterocycles. The quantitative estimate of drug-likeness (QED) is 0.159. The van der Waals surface area contributed by atoms with E-state index in [1.54, 1.807) is 0 Å². The Morgan fingerprint density at radius 2 is 0.944 bits per heavy atom. The third kappa shape index (κ3) is 6.47. The minimum atomic E-state index is 0.470. The molecule has 0 radical (unpaired) electrons. The van der Waals surface area contributed by atoms with Gasteiger partial charge in [-0.25, -0.2) is 15.0 Å². The summed E-state index contributed by atoms with van der Waals surface area (Å²) in [6.07, 6.45) is 0. The van der Waals surface area contributed by atoms with Crippen LogP contribution in [0.4, 0.5) is 0 Å². The molecule has 0 aliphatic rings. The topological polar surface area (TPSA) is 85.5 Å². The molecule has 4 heterocycles. The van der Waals surface area contributed by atoms with Gasteiger partial charge in [-0.05, 0) is 82.9 Å². The van der Waals surface area contributed by atoms with Gasteiger partial charge in [0.25, 0.3) is 0 Å². The van der Waals surface area contributed by atoms with Gasteiger partial charge < -0.3 is 13.6 Å². The van der Waals surface area contributed by atoms with E-state index in [0.717, 1.165) is 110 Å². The van der Waals surface area contributed by atoms with Crippen molar-refractivity contribution >= 4 is 65.6 Å². The highest BCUT2D eigenvalue weighted by Gasteiger charge is 2.24. The van der Waals surface area contributed by atoms with Gasteiger partial charge in [-0.15, -0.1) is 0 Å². The first-order valence-electron chi connectivity index (χ1n) is 23.7. The zero-order valence-corrected chi connectivity index (χ0v) is 38.0. The summed E-state index contributed by atoms with van der Waals surface area (Å²) in [5.74, 6) is 1.55. The fraction of sp³-hybridized carbons (Fsp3) is 0. The van der Waals surface area contributed by atoms with E-state index >= 15 is 0 Å². The van der Waals surface area contributed by atoms with Crippen LogP contribution in [0.15, 0.2) is 235 Å². The molecule has 0 amide bonds. The first-order valence-corrected chi connectivity index (χ1v) is 23.7. The van der Waals surface area contributed by atoms with Gasteiger partial charge in [-0.3, -0.25) is 0 Å². The zero-order valence-electron chi connectivity index (χ0n) is 38.0. The summed E-state index contributed by atoms with van der Waals surface area (Å²) in [5.41, 5.74) is 14.9. The Morgan fingerprint density at radius 1 is 0.366 bits per heavy atom. The number of hydrogen-bond acceptors (Lipinski definition) is 5. The Morgan fingerprint density at radius 3 is 1.72 bits per heavy atom. The van der Waals surface area contributed by atoms with Crippen LogP contribution in [-0.2, 0) is 0 Å². The number of benzene rings is 10. The predicted octanol–water partition coefficient (Wildman–Crippen LogP) is 16.2. The van der Waals surface area contributed by atoms with Crippen molar-refractivity contribution in [2.24, 2.45) is 0 Å². The van der Waals surface area contributed by atoms with Crippen LogP contribution in [-0.4, -0.2) is 24.1 Å². The van der Waals surface area contributed by atoms with Gasteiger partial charge in [-0.2, -0.15) is 5.26 Å². The first-order chi connectivity index (χ1) is 35.2. The van der Waals surface area contributed by atoms with Crippen LogP contribution in [0, 0.1) is 11.3 Å². The van der Waals surface area contributed by atoms with E-state index in [-0.39, 0.29) is 0 Å². The second-order valence-corrected chi connectivity index (χ2v) is 17.8. The highest BCUT2D eigenvalue weighted by Crippen LogP contribution is 2.44. The Hall–Kier alpha value is -9.90. The Balaban J connectivity index is 0.969. The molecule has 0 spiro atoms. The molecule has 330 valence electrons. The molecule has 0 N–H and O–H groups in total. The first kappa shape index (κ1) is 40.2. The Labute approximate surface area is 407 Å². The average Bonchev–Trinajstić information content (AvgIpc) is 4.11. The molecular formula is C64H38N6O. The van der Waals surface area contributed by atoms with Crippen molar-refractivity contribution in [2.75, 3.05) is 0 Å². The highest BCUT2D eigenvalue weighted by atomic mass is 16.3. The molecule has 0 aliphatic carbocycles. The minimum absolute atomic E-state index is 0.470. The largest absolute Gasteiger partial charge is 0.456 e. The molecule has 0 atom stereocenters. The lowest BCUT2D eigenvalue weighted by Gasteiger charge is -2.14. The van der Waals surface area contributed by atoms with E-state index in [2.05, 4.69) is 167 Å². The van der Waals surface area contributed by atoms with Crippen molar-refractivity contribution in [3.05, 3.63) is 236 Å². The molecule has 14 rings (SSSR count). The van der Waals surface area contributed by atoms with Crippen LogP contribution in [0.2, 0.25) is 0 Å². The van der Waals surface area contributed by atoms with Crippen LogP contribution < -0.4 is 0 Å². The fourth-order valence-electron chi connectivity index (χ4n) is 10.6. The van der Waals surface area contributed by atoms with Crippen molar-refractivity contribution < 1.29 is 4.42 Å². The molecular weight excluding hydrogens is 869 g/mol. The number of fused-ring (bicyclic) bond motifs is 10. The van der Waals surface area contributed by atoms with Crippen molar-refractivity contribution in [2.45, 2.75) is 0 Å². The summed E-state index contributed by atoms with van der Waals surface area (Å²) in [4.78, 5) is 15.5. The molecule has 71 heavy (non-hydrogen) atoms. The summed E-state index contributed by atoms with van der Waals surface area (Å²) < 4.78 is 10.9. The zero-order chi connectivity index (χ0) is 47.0. The molecule has 0 saturated carbocycles. The summed E-state index contributed by atoms with van der Waals surface area (Å²) in [6.45, 7) is 0. The van der Waals surface area contributed by atoms with Gasteiger partial charge in [0.15, 0.2) is 17.5 Å². The maximum absolute atomic E-state index is 11.2. The smallest absolute Gasteiger partial charge is 0.164 e. The van der Waals surface area contributed by atoms with Crippen molar-refractivity contribution in [3.8, 4) is 73.9 Å². The van der Waals surface area contributed by atoms with Crippen LogP contribution in [0.5, 0.6) is 0 Å². The van der Waals surface area contributed by atoms with Crippen LogP contribution in [0.3, 0.4) is 0 Å². The molecule has 7 heteroatoms. The van der Waals surface area contributed by atoms with Gasteiger partial charge in [0.05, 0.1) is 33.3 Å². The fourth-order valence-corrected chi connectivity index (χ4v) is 10.6. The van der Waals surface area contributed by atoms with E-state index in [4.69, 9.17) is 19.4 Å². The van der Waals surface area contributed by atoms with E-state index in [0.29, 0.717) is 28.6 Å². The van der Waals surface area contributed by atoms with Crippen LogP contribution in [0.25, 0.3) is 133 Å². The number of aromatic nitrogens is 5. The van der Waals surface area contributed by atoms with Crippen molar-refractivity contribution in [1.82, 2.24) is 24.1 Å². The van der Waals surface area contributed by atoms with E-state index in [9.17, 15) is 5.26 Å². The number of nitriles is 1. The van der Waals surface area contributed by atoms with Gasteiger partial charge in [0.1, 0.15) is 17.2 Å². The lowest BCUT2D eigenvalue weighted by Crippen LogP contribution is -2.03. The van der Waals surface area contributed by atoms with E-state index in [1.807, 2.05) is 78.9 Å². The number of nitrogens with zero attached hydrogens (tertiary/aromatic N) is 6. The lowest BCUT2D eigenvalue weighted by atomic mass is 9.99. The summed E-state index contributed by atoms with van der Waals surface area (Å²) in [6, 6.07) is 82.0. The number of para-hydroxylation sites is 3. The normalized spacial score (nSPS) is 11.6. The number of furan rings is 1. The lowest BCUT2D eigenvalue weighted by molar-refractivity contribution is 0.669. The molecule has 0 aliphatic heterocycles. The average molecular weight is 907 g/mol. The van der Waals surface area contributed by atoms with Gasteiger partial charge >= 0.3 is 0 Å². The van der Waals surface area contributed by atoms with Crippen molar-refractivity contribution in [3.63, 3.8) is 0 Å². The predicted molar refractivity (Wildman–Crippen MR) is 288 cm³/mol. The second kappa shape index (κ2) is 16.1. The van der Waals surface area contributed by atoms with Crippen LogP contribution in [0.1, 0.15) is 5.56 Å². The van der Waals surface area contributed by atoms with Gasteiger partial charge in [0.2, 0.25) is 0 Å². The highest BCUT2D eigenvalue weighted by molar-refractivity contribution is 6.26. The third-order valence-corrected chi connectivity index (χ3v) is 13.8. The minimum Gasteiger partial charge on any atom is -0.456 e. The third-order valence-electron chi connectivity index (χ3n) is 13.8. The number of rotatable bonds is 7. The molecule has 0 unspecified atom stereocenters. The second-order valence-electron chi connectivity index (χ2n) is 17.8. The maximum atomic E-state index is 11.2. The monoisotopic (exact) mass is 906 g/mol. The molecule has 4 aromatic heterocycles. The van der Waals surface area contributed by atoms with Crippen LogP contribution >= 0.6 is 0 Å².